The van der Waals surface area contributed by atoms with Crippen molar-refractivity contribution in [2.75, 3.05) is 39.9 Å². The average molecular weight is 400 g/mol. The quantitative estimate of drug-likeness (QED) is 0.599. The SMILES string of the molecule is COCCNC(=O)C1CC(=O)N(C2CN(S(=O)(=O)c3c(C)noc3C)C2)C1. The van der Waals surface area contributed by atoms with Crippen LogP contribution >= 0.6 is 0 Å². The summed E-state index contributed by atoms with van der Waals surface area (Å²) in [5.74, 6) is -0.465. The van der Waals surface area contributed by atoms with Crippen LogP contribution in [0.4, 0.5) is 0 Å². The number of hydrogen-bond donors (Lipinski definition) is 1. The molecule has 2 aliphatic rings. The maximum absolute atomic E-state index is 12.7. The minimum Gasteiger partial charge on any atom is -0.383 e. The zero-order valence-corrected chi connectivity index (χ0v) is 16.4. The number of amides is 2. The molecule has 1 aromatic heterocycles. The number of hydrogen-bond acceptors (Lipinski definition) is 7. The van der Waals surface area contributed by atoms with Crippen LogP contribution in [0.2, 0.25) is 0 Å². The lowest BCUT2D eigenvalue weighted by atomic mass is 10.1. The van der Waals surface area contributed by atoms with E-state index in [9.17, 15) is 18.0 Å². The molecule has 3 heterocycles. The van der Waals surface area contributed by atoms with Gasteiger partial charge in [-0.2, -0.15) is 4.31 Å². The van der Waals surface area contributed by atoms with E-state index in [-0.39, 0.29) is 48.0 Å². The summed E-state index contributed by atoms with van der Waals surface area (Å²) in [4.78, 5) is 26.1. The van der Waals surface area contributed by atoms with E-state index in [0.717, 1.165) is 0 Å². The maximum atomic E-state index is 12.7. The Morgan fingerprint density at radius 3 is 2.63 bits per heavy atom. The third-order valence-corrected chi connectivity index (χ3v) is 7.05. The highest BCUT2D eigenvalue weighted by atomic mass is 32.2. The monoisotopic (exact) mass is 400 g/mol. The molecule has 0 saturated carbocycles. The summed E-state index contributed by atoms with van der Waals surface area (Å²) in [6.07, 6.45) is 0.145. The molecule has 150 valence electrons. The van der Waals surface area contributed by atoms with E-state index in [0.29, 0.717) is 25.4 Å². The van der Waals surface area contributed by atoms with Gasteiger partial charge in [0.15, 0.2) is 5.76 Å². The van der Waals surface area contributed by atoms with Crippen LogP contribution in [-0.4, -0.2) is 80.5 Å². The molecular formula is C16H24N4O6S. The van der Waals surface area contributed by atoms with Crippen LogP contribution in [0.3, 0.4) is 0 Å². The molecule has 2 fully saturated rings. The second kappa shape index (κ2) is 7.56. The van der Waals surface area contributed by atoms with Crippen LogP contribution in [0.15, 0.2) is 9.42 Å². The minimum absolute atomic E-state index is 0.0871. The molecule has 10 nitrogen and oxygen atoms in total. The number of methoxy groups -OCH3 is 1. The Morgan fingerprint density at radius 2 is 2.04 bits per heavy atom. The number of nitrogens with one attached hydrogen (secondary N) is 1. The van der Waals surface area contributed by atoms with Gasteiger partial charge in [0, 0.05) is 39.7 Å². The van der Waals surface area contributed by atoms with Crippen LogP contribution in [0.5, 0.6) is 0 Å². The largest absolute Gasteiger partial charge is 0.383 e. The third-order valence-electron chi connectivity index (χ3n) is 4.97. The number of carbonyl (C=O) groups excluding carboxylic acids is 2. The molecule has 3 rings (SSSR count). The van der Waals surface area contributed by atoms with Gasteiger partial charge in [0.25, 0.3) is 0 Å². The van der Waals surface area contributed by atoms with Gasteiger partial charge in [-0.25, -0.2) is 8.42 Å². The van der Waals surface area contributed by atoms with Crippen molar-refractivity contribution in [1.29, 1.82) is 0 Å². The molecule has 0 aromatic carbocycles. The lowest BCUT2D eigenvalue weighted by molar-refractivity contribution is -0.132. The summed E-state index contributed by atoms with van der Waals surface area (Å²) in [6, 6.07) is -0.218. The number of ether oxygens (including phenoxy) is 1. The first kappa shape index (κ1) is 19.8. The van der Waals surface area contributed by atoms with E-state index in [2.05, 4.69) is 10.5 Å². The predicted molar refractivity (Wildman–Crippen MR) is 93.2 cm³/mol. The summed E-state index contributed by atoms with van der Waals surface area (Å²) in [5, 5.41) is 6.43. The number of nitrogens with zero attached hydrogens (tertiary/aromatic N) is 3. The van der Waals surface area contributed by atoms with Crippen LogP contribution in [-0.2, 0) is 24.3 Å². The zero-order valence-electron chi connectivity index (χ0n) is 15.6. The molecule has 1 aromatic rings. The van der Waals surface area contributed by atoms with Crippen molar-refractivity contribution in [3.63, 3.8) is 0 Å². The number of likely N-dealkylation sites (tertiary alicyclic amines) is 1. The average Bonchev–Trinajstić information content (AvgIpc) is 3.09. The van der Waals surface area contributed by atoms with Gasteiger partial charge in [0.05, 0.1) is 18.6 Å². The van der Waals surface area contributed by atoms with Gasteiger partial charge in [-0.3, -0.25) is 9.59 Å². The van der Waals surface area contributed by atoms with Gasteiger partial charge in [-0.1, -0.05) is 5.16 Å². The zero-order chi connectivity index (χ0) is 19.8. The molecule has 2 amide bonds. The fourth-order valence-electron chi connectivity index (χ4n) is 3.46. The molecule has 27 heavy (non-hydrogen) atoms. The van der Waals surface area contributed by atoms with Crippen LogP contribution in [0, 0.1) is 19.8 Å². The molecular weight excluding hydrogens is 376 g/mol. The fourth-order valence-corrected chi connectivity index (χ4v) is 5.27. The molecule has 2 aliphatic heterocycles. The van der Waals surface area contributed by atoms with Crippen LogP contribution in [0.1, 0.15) is 17.9 Å². The summed E-state index contributed by atoms with van der Waals surface area (Å²) < 4.78 is 36.6. The maximum Gasteiger partial charge on any atom is 0.248 e. The predicted octanol–water partition coefficient (Wildman–Crippen LogP) is -0.725. The van der Waals surface area contributed by atoms with E-state index in [4.69, 9.17) is 9.26 Å². The van der Waals surface area contributed by atoms with Crippen molar-refractivity contribution in [2.45, 2.75) is 31.2 Å². The van der Waals surface area contributed by atoms with Gasteiger partial charge < -0.3 is 19.5 Å². The van der Waals surface area contributed by atoms with Crippen molar-refractivity contribution in [1.82, 2.24) is 19.7 Å². The van der Waals surface area contributed by atoms with Gasteiger partial charge >= 0.3 is 0 Å². The standard InChI is InChI=1S/C16H24N4O6S/c1-10-15(11(2)26-18-10)27(23,24)19-8-13(9-19)20-7-12(6-14(20)21)16(22)17-4-5-25-3/h12-13H,4-9H2,1-3H3,(H,17,22). The topological polar surface area (TPSA) is 122 Å². The van der Waals surface area contributed by atoms with Crippen LogP contribution in [0.25, 0.3) is 0 Å². The van der Waals surface area contributed by atoms with E-state index < -0.39 is 15.9 Å². The Kier molecular flexibility index (Phi) is 5.54. The highest BCUT2D eigenvalue weighted by Gasteiger charge is 2.46. The number of carbonyl (C=O) groups is 2. The van der Waals surface area contributed by atoms with E-state index >= 15 is 0 Å². The van der Waals surface area contributed by atoms with Crippen molar-refractivity contribution in [3.8, 4) is 0 Å². The van der Waals surface area contributed by atoms with E-state index in [1.165, 1.54) is 4.31 Å². The highest BCUT2D eigenvalue weighted by molar-refractivity contribution is 7.89. The molecule has 1 atom stereocenters. The van der Waals surface area contributed by atoms with Gasteiger partial charge in [-0.05, 0) is 13.8 Å². The van der Waals surface area contributed by atoms with Gasteiger partial charge in [0.2, 0.25) is 21.8 Å². The highest BCUT2D eigenvalue weighted by Crippen LogP contribution is 2.31. The summed E-state index contributed by atoms with van der Waals surface area (Å²) in [6.45, 7) is 4.66. The molecule has 0 bridgehead atoms. The summed E-state index contributed by atoms with van der Waals surface area (Å²) in [5.41, 5.74) is 0.320. The first-order valence-electron chi connectivity index (χ1n) is 8.74. The number of aromatic nitrogens is 1. The van der Waals surface area contributed by atoms with Gasteiger partial charge in [0.1, 0.15) is 10.6 Å². The molecule has 11 heteroatoms. The number of aryl methyl sites for hydroxylation is 2. The fraction of sp³-hybridized carbons (Fsp3) is 0.688. The first-order valence-corrected chi connectivity index (χ1v) is 10.2. The lowest BCUT2D eigenvalue weighted by Crippen LogP contribution is -2.61. The van der Waals surface area contributed by atoms with Crippen molar-refractivity contribution >= 4 is 21.8 Å². The Hall–Kier alpha value is -1.98. The Bertz CT molecular complexity index is 810. The van der Waals surface area contributed by atoms with Crippen LogP contribution < -0.4 is 5.32 Å². The Morgan fingerprint density at radius 1 is 1.33 bits per heavy atom. The summed E-state index contributed by atoms with van der Waals surface area (Å²) >= 11 is 0. The molecule has 0 spiro atoms. The lowest BCUT2D eigenvalue weighted by Gasteiger charge is -2.42. The summed E-state index contributed by atoms with van der Waals surface area (Å²) in [7, 11) is -2.15. The third kappa shape index (κ3) is 3.71. The molecule has 0 aliphatic carbocycles. The van der Waals surface area contributed by atoms with Crippen molar-refractivity contribution in [2.24, 2.45) is 5.92 Å². The second-order valence-electron chi connectivity index (χ2n) is 6.86. The number of rotatable bonds is 7. The molecule has 2 saturated heterocycles. The van der Waals surface area contributed by atoms with Gasteiger partial charge in [-0.15, -0.1) is 0 Å². The Labute approximate surface area is 157 Å². The molecule has 1 N–H and O–H groups in total. The molecule has 1 unspecified atom stereocenters. The first-order chi connectivity index (χ1) is 12.8. The Balaban J connectivity index is 1.58. The van der Waals surface area contributed by atoms with E-state index in [1.807, 2.05) is 0 Å². The minimum atomic E-state index is -3.70. The van der Waals surface area contributed by atoms with Crippen molar-refractivity contribution < 1.29 is 27.3 Å². The number of sulfonamides is 1. The second-order valence-corrected chi connectivity index (χ2v) is 8.73. The van der Waals surface area contributed by atoms with Crippen molar-refractivity contribution in [3.05, 3.63) is 11.5 Å². The normalized spacial score (nSPS) is 21.5. The van der Waals surface area contributed by atoms with E-state index in [1.54, 1.807) is 25.9 Å². The smallest absolute Gasteiger partial charge is 0.248 e. The molecule has 0 radical (unpaired) electrons.